The minimum absolute atomic E-state index is 0.107. The molecule has 0 unspecified atom stereocenters. The molecule has 22 heavy (non-hydrogen) atoms. The average Bonchev–Trinajstić information content (AvgIpc) is 3.05. The van der Waals surface area contributed by atoms with Gasteiger partial charge in [-0.15, -0.1) is 0 Å². The lowest BCUT2D eigenvalue weighted by atomic mass is 9.98. The quantitative estimate of drug-likeness (QED) is 0.848. The SMILES string of the molecule is O=C1NC2(CCCC2)C(=O)N1CCS(=O)(=O)c1ccccc1. The van der Waals surface area contributed by atoms with Gasteiger partial charge in [0.1, 0.15) is 5.54 Å². The largest absolute Gasteiger partial charge is 0.325 e. The minimum atomic E-state index is -3.50. The predicted octanol–water partition coefficient (Wildman–Crippen LogP) is 1.32. The molecule has 1 saturated heterocycles. The van der Waals surface area contributed by atoms with E-state index in [1.54, 1.807) is 18.2 Å². The minimum Gasteiger partial charge on any atom is -0.323 e. The Morgan fingerprint density at radius 1 is 1.09 bits per heavy atom. The molecule has 1 aliphatic heterocycles. The monoisotopic (exact) mass is 322 g/mol. The molecule has 7 heteroatoms. The second-order valence-corrected chi connectivity index (χ2v) is 7.92. The fourth-order valence-corrected chi connectivity index (χ4v) is 4.38. The van der Waals surface area contributed by atoms with Crippen molar-refractivity contribution in [3.63, 3.8) is 0 Å². The number of benzene rings is 1. The number of imide groups is 1. The lowest BCUT2D eigenvalue weighted by Gasteiger charge is -2.20. The summed E-state index contributed by atoms with van der Waals surface area (Å²) in [6.45, 7) is -0.107. The first-order chi connectivity index (χ1) is 10.4. The number of hydrogen-bond donors (Lipinski definition) is 1. The van der Waals surface area contributed by atoms with Gasteiger partial charge in [-0.3, -0.25) is 9.69 Å². The Morgan fingerprint density at radius 3 is 2.36 bits per heavy atom. The van der Waals surface area contributed by atoms with Crippen LogP contribution in [0, 0.1) is 0 Å². The summed E-state index contributed by atoms with van der Waals surface area (Å²) in [5.41, 5.74) is -0.784. The topological polar surface area (TPSA) is 83.6 Å². The van der Waals surface area contributed by atoms with Crippen molar-refractivity contribution in [1.29, 1.82) is 0 Å². The van der Waals surface area contributed by atoms with Crippen molar-refractivity contribution in [2.45, 2.75) is 36.1 Å². The Bertz CT molecular complexity index is 694. The summed E-state index contributed by atoms with van der Waals surface area (Å²) in [4.78, 5) is 25.7. The first-order valence-electron chi connectivity index (χ1n) is 7.37. The standard InChI is InChI=1S/C15H18N2O4S/c18-13-15(8-4-5-9-15)16-14(19)17(13)10-11-22(20,21)12-6-2-1-3-7-12/h1-3,6-7H,4-5,8-11H2,(H,16,19). The molecular weight excluding hydrogens is 304 g/mol. The molecule has 118 valence electrons. The van der Waals surface area contributed by atoms with Gasteiger partial charge in [0.15, 0.2) is 9.84 Å². The molecular formula is C15H18N2O4S. The molecule has 0 atom stereocenters. The molecule has 3 rings (SSSR count). The molecule has 6 nitrogen and oxygen atoms in total. The number of sulfone groups is 1. The third-order valence-electron chi connectivity index (χ3n) is 4.39. The van der Waals surface area contributed by atoms with Crippen molar-refractivity contribution in [2.75, 3.05) is 12.3 Å². The summed E-state index contributed by atoms with van der Waals surface area (Å²) in [7, 11) is -3.50. The smallest absolute Gasteiger partial charge is 0.323 e. The van der Waals surface area contributed by atoms with E-state index in [0.29, 0.717) is 12.8 Å². The first kappa shape index (κ1) is 15.0. The Labute approximate surface area is 129 Å². The number of carbonyl (C=O) groups excluding carboxylic acids is 2. The van der Waals surface area contributed by atoms with Crippen LogP contribution in [0.25, 0.3) is 0 Å². The van der Waals surface area contributed by atoms with Crippen molar-refractivity contribution < 1.29 is 18.0 Å². The van der Waals surface area contributed by atoms with Gasteiger partial charge in [0, 0.05) is 6.54 Å². The van der Waals surface area contributed by atoms with E-state index in [1.807, 2.05) is 0 Å². The van der Waals surface area contributed by atoms with Gasteiger partial charge in [0.2, 0.25) is 0 Å². The highest BCUT2D eigenvalue weighted by atomic mass is 32.2. The van der Waals surface area contributed by atoms with Crippen molar-refractivity contribution >= 4 is 21.8 Å². The molecule has 2 fully saturated rings. The lowest BCUT2D eigenvalue weighted by molar-refractivity contribution is -0.130. The van der Waals surface area contributed by atoms with Gasteiger partial charge in [0.25, 0.3) is 5.91 Å². The zero-order valence-electron chi connectivity index (χ0n) is 12.1. The molecule has 1 aromatic carbocycles. The Kier molecular flexibility index (Phi) is 3.68. The molecule has 1 heterocycles. The van der Waals surface area contributed by atoms with Crippen molar-refractivity contribution in [2.24, 2.45) is 0 Å². The van der Waals surface area contributed by atoms with Gasteiger partial charge in [-0.25, -0.2) is 13.2 Å². The maximum Gasteiger partial charge on any atom is 0.325 e. The van der Waals surface area contributed by atoms with Gasteiger partial charge in [-0.05, 0) is 25.0 Å². The van der Waals surface area contributed by atoms with E-state index in [4.69, 9.17) is 0 Å². The highest BCUT2D eigenvalue weighted by Gasteiger charge is 2.52. The van der Waals surface area contributed by atoms with E-state index in [0.717, 1.165) is 17.7 Å². The van der Waals surface area contributed by atoms with E-state index >= 15 is 0 Å². The summed E-state index contributed by atoms with van der Waals surface area (Å²) in [5.74, 6) is -0.537. The second-order valence-electron chi connectivity index (χ2n) is 5.81. The zero-order valence-corrected chi connectivity index (χ0v) is 12.9. The van der Waals surface area contributed by atoms with Crippen LogP contribution in [0.1, 0.15) is 25.7 Å². The number of amides is 3. The molecule has 1 aliphatic carbocycles. The molecule has 1 saturated carbocycles. The number of carbonyl (C=O) groups is 2. The first-order valence-corrected chi connectivity index (χ1v) is 9.02. The molecule has 0 aromatic heterocycles. The summed E-state index contributed by atoms with van der Waals surface area (Å²) in [6, 6.07) is 7.58. The van der Waals surface area contributed by atoms with Crippen LogP contribution in [-0.2, 0) is 14.6 Å². The summed E-state index contributed by atoms with van der Waals surface area (Å²) < 4.78 is 24.5. The lowest BCUT2D eigenvalue weighted by Crippen LogP contribution is -2.44. The summed E-state index contributed by atoms with van der Waals surface area (Å²) in [6.07, 6.45) is 3.09. The number of nitrogens with zero attached hydrogens (tertiary/aromatic N) is 1. The highest BCUT2D eigenvalue weighted by Crippen LogP contribution is 2.35. The van der Waals surface area contributed by atoms with E-state index in [-0.39, 0.29) is 23.1 Å². The molecule has 0 bridgehead atoms. The maximum atomic E-state index is 12.4. The normalized spacial score (nSPS) is 20.6. The Hall–Kier alpha value is -1.89. The fraction of sp³-hybridized carbons (Fsp3) is 0.467. The van der Waals surface area contributed by atoms with Crippen LogP contribution in [0.4, 0.5) is 4.79 Å². The van der Waals surface area contributed by atoms with E-state index in [2.05, 4.69) is 5.32 Å². The van der Waals surface area contributed by atoms with Crippen LogP contribution in [0.5, 0.6) is 0 Å². The van der Waals surface area contributed by atoms with Gasteiger partial charge in [0.05, 0.1) is 10.6 Å². The summed E-state index contributed by atoms with van der Waals surface area (Å²) in [5, 5.41) is 2.75. The van der Waals surface area contributed by atoms with Gasteiger partial charge >= 0.3 is 6.03 Å². The van der Waals surface area contributed by atoms with Gasteiger partial charge < -0.3 is 5.32 Å². The van der Waals surface area contributed by atoms with E-state index < -0.39 is 21.4 Å². The Balaban J connectivity index is 1.72. The van der Waals surface area contributed by atoms with Gasteiger partial charge in [-0.1, -0.05) is 31.0 Å². The third kappa shape index (κ3) is 2.49. The van der Waals surface area contributed by atoms with Crippen molar-refractivity contribution in [3.05, 3.63) is 30.3 Å². The molecule has 1 aromatic rings. The molecule has 2 aliphatic rings. The Morgan fingerprint density at radius 2 is 1.73 bits per heavy atom. The predicted molar refractivity (Wildman–Crippen MR) is 79.9 cm³/mol. The molecule has 3 amide bonds. The van der Waals surface area contributed by atoms with Crippen LogP contribution in [0.2, 0.25) is 0 Å². The number of rotatable bonds is 4. The average molecular weight is 322 g/mol. The number of urea groups is 1. The van der Waals surface area contributed by atoms with Crippen LogP contribution in [0.15, 0.2) is 35.2 Å². The maximum absolute atomic E-state index is 12.4. The van der Waals surface area contributed by atoms with Crippen LogP contribution in [-0.4, -0.2) is 43.1 Å². The van der Waals surface area contributed by atoms with E-state index in [9.17, 15) is 18.0 Å². The van der Waals surface area contributed by atoms with Crippen LogP contribution < -0.4 is 5.32 Å². The van der Waals surface area contributed by atoms with Crippen molar-refractivity contribution in [1.82, 2.24) is 10.2 Å². The number of nitrogens with one attached hydrogen (secondary N) is 1. The van der Waals surface area contributed by atoms with Gasteiger partial charge in [-0.2, -0.15) is 0 Å². The van der Waals surface area contributed by atoms with Crippen LogP contribution >= 0.6 is 0 Å². The second kappa shape index (κ2) is 5.39. The third-order valence-corrected chi connectivity index (χ3v) is 6.10. The number of hydrogen-bond acceptors (Lipinski definition) is 4. The fourth-order valence-electron chi connectivity index (χ4n) is 3.15. The molecule has 1 spiro atoms. The van der Waals surface area contributed by atoms with E-state index in [1.165, 1.54) is 12.1 Å². The zero-order chi connectivity index (χ0) is 15.8. The van der Waals surface area contributed by atoms with Crippen LogP contribution in [0.3, 0.4) is 0 Å². The highest BCUT2D eigenvalue weighted by molar-refractivity contribution is 7.91. The van der Waals surface area contributed by atoms with Crippen molar-refractivity contribution in [3.8, 4) is 0 Å². The molecule has 1 N–H and O–H groups in total. The molecule has 0 radical (unpaired) electrons. The summed E-state index contributed by atoms with van der Waals surface area (Å²) >= 11 is 0.